The maximum atomic E-state index is 3.70. The van der Waals surface area contributed by atoms with Gasteiger partial charge < -0.3 is 17.0 Å². The molecule has 1 aromatic heterocycles. The SMILES string of the molecule is CCCCCCc1[c-]sc(Br)c1CCCCCC.[Br-].[Mg+2]. The monoisotopic (exact) mass is 432 g/mol. The van der Waals surface area contributed by atoms with Crippen molar-refractivity contribution < 1.29 is 17.0 Å². The molecule has 0 saturated carbocycles. The van der Waals surface area contributed by atoms with E-state index in [4.69, 9.17) is 0 Å². The summed E-state index contributed by atoms with van der Waals surface area (Å²) in [7, 11) is 0. The molecule has 0 radical (unpaired) electrons. The minimum Gasteiger partial charge on any atom is -1.00 e. The van der Waals surface area contributed by atoms with Crippen LogP contribution < -0.4 is 17.0 Å². The van der Waals surface area contributed by atoms with E-state index >= 15 is 0 Å². The van der Waals surface area contributed by atoms with E-state index in [1.165, 1.54) is 73.6 Å². The predicted molar refractivity (Wildman–Crippen MR) is 92.3 cm³/mol. The molecule has 0 bridgehead atoms. The van der Waals surface area contributed by atoms with E-state index in [2.05, 4.69) is 35.2 Å². The van der Waals surface area contributed by atoms with Crippen LogP contribution in [0.1, 0.15) is 76.3 Å². The van der Waals surface area contributed by atoms with Gasteiger partial charge in [0.2, 0.25) is 0 Å². The fourth-order valence-corrected chi connectivity index (χ4v) is 3.72. The molecule has 112 valence electrons. The smallest absolute Gasteiger partial charge is 1.00 e. The Morgan fingerprint density at radius 2 is 1.45 bits per heavy atom. The van der Waals surface area contributed by atoms with Gasteiger partial charge in [0.15, 0.2) is 0 Å². The summed E-state index contributed by atoms with van der Waals surface area (Å²) in [6.07, 6.45) is 13.3. The molecule has 0 aromatic carbocycles. The molecule has 0 fully saturated rings. The summed E-state index contributed by atoms with van der Waals surface area (Å²) in [5, 5.41) is 3.49. The Morgan fingerprint density at radius 1 is 0.900 bits per heavy atom. The second-order valence-corrected chi connectivity index (χ2v) is 7.19. The minimum atomic E-state index is 0. The van der Waals surface area contributed by atoms with Crippen LogP contribution in [0.3, 0.4) is 0 Å². The van der Waals surface area contributed by atoms with Crippen molar-refractivity contribution in [2.45, 2.75) is 78.1 Å². The van der Waals surface area contributed by atoms with E-state index in [0.29, 0.717) is 0 Å². The molecule has 0 atom stereocenters. The van der Waals surface area contributed by atoms with Crippen LogP contribution >= 0.6 is 27.3 Å². The largest absolute Gasteiger partial charge is 2.00 e. The molecule has 0 saturated heterocycles. The maximum absolute atomic E-state index is 3.70. The third kappa shape index (κ3) is 9.44. The summed E-state index contributed by atoms with van der Waals surface area (Å²) in [6, 6.07) is 0. The Hall–Kier alpha value is 1.43. The van der Waals surface area contributed by atoms with Crippen LogP contribution in [0.2, 0.25) is 0 Å². The van der Waals surface area contributed by atoms with Gasteiger partial charge in [-0.2, -0.15) is 11.1 Å². The fraction of sp³-hybridized carbons (Fsp3) is 0.750. The molecule has 0 nitrogen and oxygen atoms in total. The quantitative estimate of drug-likeness (QED) is 0.302. The van der Waals surface area contributed by atoms with Crippen LogP contribution in [0, 0.1) is 5.38 Å². The molecule has 1 heterocycles. The summed E-state index contributed by atoms with van der Waals surface area (Å²) >= 11 is 5.45. The van der Waals surface area contributed by atoms with Gasteiger partial charge in [0.25, 0.3) is 0 Å². The molecule has 4 heteroatoms. The third-order valence-corrected chi connectivity index (χ3v) is 5.16. The van der Waals surface area contributed by atoms with Gasteiger partial charge in [0.1, 0.15) is 0 Å². The van der Waals surface area contributed by atoms with E-state index in [-0.39, 0.29) is 40.0 Å². The Labute approximate surface area is 164 Å². The van der Waals surface area contributed by atoms with Crippen molar-refractivity contribution in [1.29, 1.82) is 0 Å². The van der Waals surface area contributed by atoms with Gasteiger partial charge in [-0.3, -0.25) is 11.3 Å². The third-order valence-electron chi connectivity index (χ3n) is 3.43. The van der Waals surface area contributed by atoms with Crippen LogP contribution in [-0.4, -0.2) is 23.1 Å². The Balaban J connectivity index is 0. The summed E-state index contributed by atoms with van der Waals surface area (Å²) < 4.78 is 1.32. The summed E-state index contributed by atoms with van der Waals surface area (Å²) in [6.45, 7) is 4.54. The van der Waals surface area contributed by atoms with Crippen LogP contribution in [0.5, 0.6) is 0 Å². The standard InChI is InChI=1S/C16H26BrS.BrH.Mg/c1-3-5-7-9-11-14-13-18-16(17)15(14)12-10-8-6-4-2;;/h3-12H2,1-2H3;1H;/q-1;;+2/p-1. The van der Waals surface area contributed by atoms with Crippen molar-refractivity contribution in [3.63, 3.8) is 0 Å². The first kappa shape index (κ1) is 23.7. The first-order chi connectivity index (χ1) is 8.79. The number of aryl methyl sites for hydroxylation is 1. The Morgan fingerprint density at radius 3 is 2.00 bits per heavy atom. The average molecular weight is 435 g/mol. The van der Waals surface area contributed by atoms with Crippen molar-refractivity contribution in [1.82, 2.24) is 0 Å². The fourth-order valence-electron chi connectivity index (χ4n) is 2.26. The molecular weight excluding hydrogens is 408 g/mol. The van der Waals surface area contributed by atoms with E-state index in [9.17, 15) is 0 Å². The molecule has 0 N–H and O–H groups in total. The van der Waals surface area contributed by atoms with Crippen molar-refractivity contribution in [2.75, 3.05) is 0 Å². The van der Waals surface area contributed by atoms with E-state index in [0.717, 1.165) is 0 Å². The second-order valence-electron chi connectivity index (χ2n) is 5.06. The average Bonchev–Trinajstić information content (AvgIpc) is 2.72. The number of rotatable bonds is 10. The van der Waals surface area contributed by atoms with Crippen molar-refractivity contribution >= 4 is 50.3 Å². The van der Waals surface area contributed by atoms with Crippen LogP contribution in [0.4, 0.5) is 0 Å². The molecule has 0 amide bonds. The van der Waals surface area contributed by atoms with Gasteiger partial charge in [-0.1, -0.05) is 81.8 Å². The van der Waals surface area contributed by atoms with Crippen molar-refractivity contribution in [2.24, 2.45) is 0 Å². The van der Waals surface area contributed by atoms with E-state index < -0.39 is 0 Å². The van der Waals surface area contributed by atoms with Crippen LogP contribution in [0.25, 0.3) is 0 Å². The van der Waals surface area contributed by atoms with Gasteiger partial charge in [-0.05, 0) is 0 Å². The topological polar surface area (TPSA) is 0 Å². The summed E-state index contributed by atoms with van der Waals surface area (Å²) in [4.78, 5) is 0. The van der Waals surface area contributed by atoms with Gasteiger partial charge >= 0.3 is 23.1 Å². The second kappa shape index (κ2) is 15.3. The molecule has 0 aliphatic rings. The number of halogens is 2. The summed E-state index contributed by atoms with van der Waals surface area (Å²) in [5.41, 5.74) is 3.03. The molecule has 0 unspecified atom stereocenters. The number of unbranched alkanes of at least 4 members (excludes halogenated alkanes) is 6. The number of hydrogen-bond donors (Lipinski definition) is 0. The molecule has 1 rings (SSSR count). The van der Waals surface area contributed by atoms with Crippen molar-refractivity contribution in [3.8, 4) is 0 Å². The van der Waals surface area contributed by atoms with Gasteiger partial charge in [-0.15, -0.1) is 21.3 Å². The van der Waals surface area contributed by atoms with Gasteiger partial charge in [0.05, 0.1) is 0 Å². The van der Waals surface area contributed by atoms with Gasteiger partial charge in [0, 0.05) is 0 Å². The Kier molecular flexibility index (Phi) is 18.2. The normalized spacial score (nSPS) is 9.95. The molecule has 1 aromatic rings. The molecule has 0 aliphatic carbocycles. The zero-order valence-electron chi connectivity index (χ0n) is 12.9. The molecule has 20 heavy (non-hydrogen) atoms. The van der Waals surface area contributed by atoms with Crippen LogP contribution in [0.15, 0.2) is 3.79 Å². The first-order valence-corrected chi connectivity index (χ1v) is 9.08. The van der Waals surface area contributed by atoms with Crippen LogP contribution in [-0.2, 0) is 12.8 Å². The predicted octanol–water partition coefficient (Wildman–Crippen LogP) is 3.18. The summed E-state index contributed by atoms with van der Waals surface area (Å²) in [5.74, 6) is 0. The first-order valence-electron chi connectivity index (χ1n) is 7.47. The van der Waals surface area contributed by atoms with Crippen molar-refractivity contribution in [3.05, 3.63) is 20.3 Å². The van der Waals surface area contributed by atoms with E-state index in [1.54, 1.807) is 16.9 Å². The zero-order valence-corrected chi connectivity index (χ0v) is 18.3. The van der Waals surface area contributed by atoms with E-state index in [1.807, 2.05) is 0 Å². The molecule has 0 aliphatic heterocycles. The number of hydrogen-bond acceptors (Lipinski definition) is 1. The van der Waals surface area contributed by atoms with Gasteiger partial charge in [-0.25, -0.2) is 0 Å². The molecular formula is C16H26Br2MgS. The number of thiophene rings is 1. The molecule has 0 spiro atoms. The maximum Gasteiger partial charge on any atom is 2.00 e. The minimum absolute atomic E-state index is 0. The zero-order chi connectivity index (χ0) is 13.2. The Bertz CT molecular complexity index is 326.